The van der Waals surface area contributed by atoms with Crippen LogP contribution in [0.3, 0.4) is 0 Å². The van der Waals surface area contributed by atoms with E-state index in [0.717, 1.165) is 19.5 Å². The third kappa shape index (κ3) is 2.65. The number of rotatable bonds is 0. The normalized spacial score (nSPS) is 20.3. The Morgan fingerprint density at radius 2 is 2.07 bits per heavy atom. The second-order valence-electron chi connectivity index (χ2n) is 7.95. The van der Waals surface area contributed by atoms with Crippen molar-refractivity contribution in [1.29, 1.82) is 0 Å². The molecule has 28 heavy (non-hydrogen) atoms. The zero-order chi connectivity index (χ0) is 19.5. The van der Waals surface area contributed by atoms with Gasteiger partial charge < -0.3 is 15.1 Å². The molecule has 8 heteroatoms. The summed E-state index contributed by atoms with van der Waals surface area (Å²) in [5.41, 5.74) is 1.54. The number of fused-ring (bicyclic) bond motifs is 2. The van der Waals surface area contributed by atoms with Crippen molar-refractivity contribution < 1.29 is 9.59 Å². The minimum absolute atomic E-state index is 0.180. The van der Waals surface area contributed by atoms with Crippen LogP contribution in [-0.4, -0.2) is 59.9 Å². The molecule has 0 saturated carbocycles. The number of carbonyl (C=O) groups excluding carboxylic acids is 2. The van der Waals surface area contributed by atoms with E-state index in [1.165, 1.54) is 4.90 Å². The summed E-state index contributed by atoms with van der Waals surface area (Å²) >= 11 is 6.21. The van der Waals surface area contributed by atoms with Gasteiger partial charge in [0.1, 0.15) is 0 Å². The van der Waals surface area contributed by atoms with Gasteiger partial charge in [-0.05, 0) is 50.3 Å². The highest BCUT2D eigenvalue weighted by molar-refractivity contribution is 6.31. The van der Waals surface area contributed by atoms with E-state index in [1.54, 1.807) is 36.5 Å². The first kappa shape index (κ1) is 17.5. The van der Waals surface area contributed by atoms with Crippen molar-refractivity contribution in [3.63, 3.8) is 0 Å². The number of aromatic nitrogens is 1. The van der Waals surface area contributed by atoms with E-state index in [-0.39, 0.29) is 17.4 Å². The standard InChI is InChI=1S/C20H20ClN5O2/c1-24-8-6-20(10-24)11-25(12-20)19(28)26-16-9-13(21)4-5-14(16)18(27)23-15-3-2-7-22-17(15)26/h2-5,7,9H,6,8,10-12H2,1H3,(H,23,27). The van der Waals surface area contributed by atoms with Crippen molar-refractivity contribution in [2.24, 2.45) is 5.41 Å². The van der Waals surface area contributed by atoms with Gasteiger partial charge in [0.2, 0.25) is 0 Å². The second-order valence-corrected chi connectivity index (χ2v) is 8.39. The van der Waals surface area contributed by atoms with E-state index in [9.17, 15) is 9.59 Å². The molecule has 2 aromatic rings. The van der Waals surface area contributed by atoms with E-state index < -0.39 is 0 Å². The molecule has 0 atom stereocenters. The van der Waals surface area contributed by atoms with Crippen molar-refractivity contribution in [2.75, 3.05) is 43.4 Å². The maximum Gasteiger partial charge on any atom is 0.330 e. The lowest BCUT2D eigenvalue weighted by molar-refractivity contribution is 0.0445. The third-order valence-electron chi connectivity index (χ3n) is 5.84. The molecule has 3 aliphatic rings. The molecule has 7 nitrogen and oxygen atoms in total. The van der Waals surface area contributed by atoms with Crippen molar-refractivity contribution in [3.8, 4) is 0 Å². The van der Waals surface area contributed by atoms with Gasteiger partial charge in [-0.3, -0.25) is 4.79 Å². The van der Waals surface area contributed by atoms with Crippen molar-refractivity contribution in [3.05, 3.63) is 47.1 Å². The van der Waals surface area contributed by atoms with Crippen LogP contribution in [0.1, 0.15) is 16.8 Å². The summed E-state index contributed by atoms with van der Waals surface area (Å²) in [5.74, 6) is 0.125. The number of nitrogens with one attached hydrogen (secondary N) is 1. The zero-order valence-corrected chi connectivity index (χ0v) is 16.2. The van der Waals surface area contributed by atoms with Crippen LogP contribution in [0.5, 0.6) is 0 Å². The van der Waals surface area contributed by atoms with Crippen LogP contribution in [0.25, 0.3) is 0 Å². The maximum absolute atomic E-state index is 13.5. The van der Waals surface area contributed by atoms with Crippen LogP contribution in [0.4, 0.5) is 22.0 Å². The van der Waals surface area contributed by atoms with Crippen LogP contribution >= 0.6 is 11.6 Å². The largest absolute Gasteiger partial charge is 0.330 e. The molecule has 1 N–H and O–H groups in total. The minimum atomic E-state index is -0.284. The van der Waals surface area contributed by atoms with Crippen LogP contribution in [0.2, 0.25) is 5.02 Å². The summed E-state index contributed by atoms with van der Waals surface area (Å²) in [6.45, 7) is 3.50. The van der Waals surface area contributed by atoms with E-state index in [2.05, 4.69) is 22.2 Å². The molecule has 3 amide bonds. The Balaban J connectivity index is 1.55. The number of nitrogens with zero attached hydrogens (tertiary/aromatic N) is 4. The Morgan fingerprint density at radius 3 is 2.82 bits per heavy atom. The number of urea groups is 1. The predicted molar refractivity (Wildman–Crippen MR) is 107 cm³/mol. The molecule has 0 radical (unpaired) electrons. The summed E-state index contributed by atoms with van der Waals surface area (Å²) < 4.78 is 0. The first-order valence-corrected chi connectivity index (χ1v) is 9.67. The number of benzene rings is 1. The first-order valence-electron chi connectivity index (χ1n) is 9.29. The maximum atomic E-state index is 13.5. The Labute approximate surface area is 167 Å². The van der Waals surface area contributed by atoms with E-state index in [1.807, 2.05) is 4.90 Å². The molecule has 1 spiro atoms. The quantitative estimate of drug-likeness (QED) is 0.741. The number of amides is 3. The molecule has 4 heterocycles. The number of anilines is 3. The highest BCUT2D eigenvalue weighted by Gasteiger charge is 2.50. The van der Waals surface area contributed by atoms with Crippen molar-refractivity contribution >= 4 is 40.7 Å². The lowest BCUT2D eigenvalue weighted by Crippen LogP contribution is -2.61. The number of hydrogen-bond donors (Lipinski definition) is 1. The Hall–Kier alpha value is -2.64. The molecule has 0 bridgehead atoms. The molecule has 2 fully saturated rings. The topological polar surface area (TPSA) is 68.8 Å². The van der Waals surface area contributed by atoms with Crippen molar-refractivity contribution in [1.82, 2.24) is 14.8 Å². The molecule has 0 aliphatic carbocycles. The molecule has 144 valence electrons. The van der Waals surface area contributed by atoms with Crippen LogP contribution < -0.4 is 10.2 Å². The van der Waals surface area contributed by atoms with Gasteiger partial charge in [-0.1, -0.05) is 11.6 Å². The molecular formula is C20H20ClN5O2. The Morgan fingerprint density at radius 1 is 1.25 bits per heavy atom. The van der Waals surface area contributed by atoms with Crippen LogP contribution in [0.15, 0.2) is 36.5 Å². The zero-order valence-electron chi connectivity index (χ0n) is 15.5. The summed E-state index contributed by atoms with van der Waals surface area (Å²) in [4.78, 5) is 36.3. The molecule has 2 saturated heterocycles. The number of hydrogen-bond acceptors (Lipinski definition) is 4. The summed E-state index contributed by atoms with van der Waals surface area (Å²) in [7, 11) is 2.11. The SMILES string of the molecule is CN1CCC2(C1)CN(C(=O)N1c3cc(Cl)ccc3C(=O)Nc3cccnc31)C2. The highest BCUT2D eigenvalue weighted by Crippen LogP contribution is 2.43. The Kier molecular flexibility index (Phi) is 3.86. The number of likely N-dealkylation sites (tertiary alicyclic amines) is 2. The second kappa shape index (κ2) is 6.18. The van der Waals surface area contributed by atoms with Gasteiger partial charge in [0.05, 0.1) is 16.9 Å². The average Bonchev–Trinajstić information content (AvgIpc) is 2.99. The molecular weight excluding hydrogens is 378 g/mol. The lowest BCUT2D eigenvalue weighted by atomic mass is 9.79. The summed E-state index contributed by atoms with van der Waals surface area (Å²) in [6.07, 6.45) is 2.72. The molecule has 5 rings (SSSR count). The van der Waals surface area contributed by atoms with Gasteiger partial charge >= 0.3 is 6.03 Å². The predicted octanol–water partition coefficient (Wildman–Crippen LogP) is 3.20. The number of halogens is 1. The fraction of sp³-hybridized carbons (Fsp3) is 0.350. The van der Waals surface area contributed by atoms with E-state index >= 15 is 0 Å². The molecule has 1 aromatic heterocycles. The molecule has 0 unspecified atom stereocenters. The van der Waals surface area contributed by atoms with Gasteiger partial charge in [-0.15, -0.1) is 0 Å². The van der Waals surface area contributed by atoms with Gasteiger partial charge in [-0.2, -0.15) is 0 Å². The fourth-order valence-electron chi connectivity index (χ4n) is 4.51. The summed E-state index contributed by atoms with van der Waals surface area (Å²) in [6, 6.07) is 8.24. The van der Waals surface area contributed by atoms with Gasteiger partial charge in [-0.25, -0.2) is 14.7 Å². The number of carbonyl (C=O) groups is 2. The van der Waals surface area contributed by atoms with Crippen molar-refractivity contribution in [2.45, 2.75) is 6.42 Å². The van der Waals surface area contributed by atoms with Gasteiger partial charge in [0.25, 0.3) is 5.91 Å². The fourth-order valence-corrected chi connectivity index (χ4v) is 4.68. The van der Waals surface area contributed by atoms with E-state index in [4.69, 9.17) is 11.6 Å². The minimum Gasteiger partial charge on any atom is -0.323 e. The third-order valence-corrected chi connectivity index (χ3v) is 6.07. The molecule has 3 aliphatic heterocycles. The van der Waals surface area contributed by atoms with Crippen LogP contribution in [-0.2, 0) is 0 Å². The van der Waals surface area contributed by atoms with E-state index in [0.29, 0.717) is 40.9 Å². The Bertz CT molecular complexity index is 988. The first-order chi connectivity index (χ1) is 13.5. The van der Waals surface area contributed by atoms with Gasteiger partial charge in [0, 0.05) is 36.3 Å². The number of pyridine rings is 1. The van der Waals surface area contributed by atoms with Gasteiger partial charge in [0.15, 0.2) is 5.82 Å². The average molecular weight is 398 g/mol. The molecule has 1 aromatic carbocycles. The highest BCUT2D eigenvalue weighted by atomic mass is 35.5. The van der Waals surface area contributed by atoms with Crippen LogP contribution in [0, 0.1) is 5.41 Å². The smallest absolute Gasteiger partial charge is 0.323 e. The monoisotopic (exact) mass is 397 g/mol. The summed E-state index contributed by atoms with van der Waals surface area (Å²) in [5, 5.41) is 3.31. The lowest BCUT2D eigenvalue weighted by Gasteiger charge is -2.49.